The van der Waals surface area contributed by atoms with E-state index in [4.69, 9.17) is 9.47 Å². The molecule has 0 unspecified atom stereocenters. The van der Waals surface area contributed by atoms with Crippen molar-refractivity contribution < 1.29 is 14.3 Å². The van der Waals surface area contributed by atoms with Gasteiger partial charge in [-0.1, -0.05) is 6.07 Å². The van der Waals surface area contributed by atoms with Crippen LogP contribution in [0.2, 0.25) is 0 Å². The first kappa shape index (κ1) is 11.4. The van der Waals surface area contributed by atoms with Crippen LogP contribution in [0.4, 0.5) is 0 Å². The van der Waals surface area contributed by atoms with Crippen LogP contribution in [-0.4, -0.2) is 26.2 Å². The minimum Gasteiger partial charge on any atom is -0.497 e. The molecular formula is C11H15NO3. The summed E-state index contributed by atoms with van der Waals surface area (Å²) in [6.45, 7) is 2.50. The fraction of sp³-hybridized carbons (Fsp3) is 0.364. The number of ether oxygens (including phenoxy) is 2. The van der Waals surface area contributed by atoms with Crippen molar-refractivity contribution in [2.24, 2.45) is 0 Å². The van der Waals surface area contributed by atoms with E-state index in [2.05, 4.69) is 5.32 Å². The van der Waals surface area contributed by atoms with Gasteiger partial charge in [0, 0.05) is 12.6 Å². The molecule has 0 aromatic heterocycles. The SMILES string of the molecule is CCNC(=O)COc1cccc(OC)c1. The lowest BCUT2D eigenvalue weighted by Crippen LogP contribution is -2.28. The van der Waals surface area contributed by atoms with Gasteiger partial charge in [0.25, 0.3) is 5.91 Å². The molecule has 0 aliphatic heterocycles. The number of amides is 1. The van der Waals surface area contributed by atoms with E-state index in [1.54, 1.807) is 19.2 Å². The Balaban J connectivity index is 2.46. The van der Waals surface area contributed by atoms with E-state index >= 15 is 0 Å². The van der Waals surface area contributed by atoms with Crippen molar-refractivity contribution in [1.29, 1.82) is 0 Å². The second-order valence-corrected chi connectivity index (χ2v) is 2.92. The van der Waals surface area contributed by atoms with Crippen molar-refractivity contribution in [3.63, 3.8) is 0 Å². The molecule has 0 radical (unpaired) electrons. The van der Waals surface area contributed by atoms with Crippen molar-refractivity contribution in [1.82, 2.24) is 5.32 Å². The summed E-state index contributed by atoms with van der Waals surface area (Å²) < 4.78 is 10.3. The Morgan fingerprint density at radius 1 is 1.40 bits per heavy atom. The number of carbonyl (C=O) groups is 1. The number of nitrogens with one attached hydrogen (secondary N) is 1. The maximum Gasteiger partial charge on any atom is 0.257 e. The van der Waals surface area contributed by atoms with Crippen molar-refractivity contribution >= 4 is 5.91 Å². The third-order valence-electron chi connectivity index (χ3n) is 1.79. The zero-order chi connectivity index (χ0) is 11.1. The Hall–Kier alpha value is -1.71. The molecule has 1 amide bonds. The van der Waals surface area contributed by atoms with Crippen LogP contribution < -0.4 is 14.8 Å². The highest BCUT2D eigenvalue weighted by Gasteiger charge is 2.01. The molecule has 0 saturated heterocycles. The minimum atomic E-state index is -0.125. The molecule has 0 aliphatic rings. The maximum absolute atomic E-state index is 11.1. The normalized spacial score (nSPS) is 9.47. The van der Waals surface area contributed by atoms with Gasteiger partial charge in [0.1, 0.15) is 11.5 Å². The lowest BCUT2D eigenvalue weighted by molar-refractivity contribution is -0.122. The summed E-state index contributed by atoms with van der Waals surface area (Å²) >= 11 is 0. The highest BCUT2D eigenvalue weighted by Crippen LogP contribution is 2.18. The van der Waals surface area contributed by atoms with Crippen molar-refractivity contribution in [3.05, 3.63) is 24.3 Å². The second-order valence-electron chi connectivity index (χ2n) is 2.92. The van der Waals surface area contributed by atoms with Gasteiger partial charge in [-0.05, 0) is 19.1 Å². The summed E-state index contributed by atoms with van der Waals surface area (Å²) in [5.41, 5.74) is 0. The fourth-order valence-corrected chi connectivity index (χ4v) is 1.09. The number of likely N-dealkylation sites (N-methyl/N-ethyl adjacent to an activating group) is 1. The Kier molecular flexibility index (Phi) is 4.47. The van der Waals surface area contributed by atoms with Gasteiger partial charge >= 0.3 is 0 Å². The van der Waals surface area contributed by atoms with Crippen molar-refractivity contribution in [2.75, 3.05) is 20.3 Å². The number of hydrogen-bond acceptors (Lipinski definition) is 3. The first-order valence-corrected chi connectivity index (χ1v) is 4.79. The van der Waals surface area contributed by atoms with Crippen LogP contribution in [0.25, 0.3) is 0 Å². The molecule has 82 valence electrons. The maximum atomic E-state index is 11.1. The molecule has 0 aliphatic carbocycles. The number of carbonyl (C=O) groups excluding carboxylic acids is 1. The number of hydrogen-bond donors (Lipinski definition) is 1. The molecule has 0 fully saturated rings. The number of methoxy groups -OCH3 is 1. The van der Waals surface area contributed by atoms with Gasteiger partial charge in [0.05, 0.1) is 7.11 Å². The Morgan fingerprint density at radius 3 is 2.80 bits per heavy atom. The van der Waals surface area contributed by atoms with Gasteiger partial charge in [0.2, 0.25) is 0 Å². The van der Waals surface area contributed by atoms with E-state index in [0.29, 0.717) is 18.0 Å². The molecule has 1 N–H and O–H groups in total. The first-order valence-electron chi connectivity index (χ1n) is 4.79. The van der Waals surface area contributed by atoms with Crippen LogP contribution in [-0.2, 0) is 4.79 Å². The van der Waals surface area contributed by atoms with Gasteiger partial charge in [-0.15, -0.1) is 0 Å². The quantitative estimate of drug-likeness (QED) is 0.793. The lowest BCUT2D eigenvalue weighted by atomic mass is 10.3. The molecule has 0 atom stereocenters. The first-order chi connectivity index (χ1) is 7.26. The summed E-state index contributed by atoms with van der Waals surface area (Å²) in [6.07, 6.45) is 0. The van der Waals surface area contributed by atoms with Crippen LogP contribution in [0.3, 0.4) is 0 Å². The van der Waals surface area contributed by atoms with E-state index < -0.39 is 0 Å². The summed E-state index contributed by atoms with van der Waals surface area (Å²) in [4.78, 5) is 11.1. The third kappa shape index (κ3) is 3.89. The average Bonchev–Trinajstić information content (AvgIpc) is 2.27. The predicted octanol–water partition coefficient (Wildman–Crippen LogP) is 1.21. The third-order valence-corrected chi connectivity index (χ3v) is 1.79. The molecular weight excluding hydrogens is 194 g/mol. The molecule has 0 spiro atoms. The van der Waals surface area contributed by atoms with E-state index in [1.165, 1.54) is 0 Å². The van der Waals surface area contributed by atoms with E-state index in [1.807, 2.05) is 19.1 Å². The molecule has 1 aromatic carbocycles. The smallest absolute Gasteiger partial charge is 0.257 e. The molecule has 1 aromatic rings. The standard InChI is InChI=1S/C11H15NO3/c1-3-12-11(13)8-15-10-6-4-5-9(7-10)14-2/h4-7H,3,8H2,1-2H3,(H,12,13). The molecule has 0 bridgehead atoms. The van der Waals surface area contributed by atoms with Gasteiger partial charge in [-0.25, -0.2) is 0 Å². The molecule has 1 rings (SSSR count). The second kappa shape index (κ2) is 5.90. The Morgan fingerprint density at radius 2 is 2.13 bits per heavy atom. The topological polar surface area (TPSA) is 47.6 Å². The lowest BCUT2D eigenvalue weighted by Gasteiger charge is -2.07. The minimum absolute atomic E-state index is 0.0288. The molecule has 15 heavy (non-hydrogen) atoms. The monoisotopic (exact) mass is 209 g/mol. The largest absolute Gasteiger partial charge is 0.497 e. The molecule has 0 heterocycles. The van der Waals surface area contributed by atoms with Gasteiger partial charge in [-0.3, -0.25) is 4.79 Å². The number of benzene rings is 1. The fourth-order valence-electron chi connectivity index (χ4n) is 1.09. The summed E-state index contributed by atoms with van der Waals surface area (Å²) in [6, 6.07) is 7.14. The van der Waals surface area contributed by atoms with E-state index in [0.717, 1.165) is 0 Å². The Bertz CT molecular complexity index is 325. The zero-order valence-electron chi connectivity index (χ0n) is 8.95. The van der Waals surface area contributed by atoms with Crippen LogP contribution >= 0.6 is 0 Å². The summed E-state index contributed by atoms with van der Waals surface area (Å²) in [5, 5.41) is 2.65. The van der Waals surface area contributed by atoms with E-state index in [-0.39, 0.29) is 12.5 Å². The van der Waals surface area contributed by atoms with Crippen LogP contribution in [0.15, 0.2) is 24.3 Å². The highest BCUT2D eigenvalue weighted by molar-refractivity contribution is 5.77. The van der Waals surface area contributed by atoms with Crippen molar-refractivity contribution in [3.8, 4) is 11.5 Å². The van der Waals surface area contributed by atoms with Crippen molar-refractivity contribution in [2.45, 2.75) is 6.92 Å². The van der Waals surface area contributed by atoms with E-state index in [9.17, 15) is 4.79 Å². The zero-order valence-corrected chi connectivity index (χ0v) is 8.95. The average molecular weight is 209 g/mol. The predicted molar refractivity (Wildman–Crippen MR) is 57.2 cm³/mol. The molecule has 0 saturated carbocycles. The van der Waals surface area contributed by atoms with Crippen LogP contribution in [0.1, 0.15) is 6.92 Å². The summed E-state index contributed by atoms with van der Waals surface area (Å²) in [5.74, 6) is 1.21. The molecule has 4 nitrogen and oxygen atoms in total. The van der Waals surface area contributed by atoms with Crippen LogP contribution in [0, 0.1) is 0 Å². The van der Waals surface area contributed by atoms with Gasteiger partial charge in [-0.2, -0.15) is 0 Å². The highest BCUT2D eigenvalue weighted by atomic mass is 16.5. The number of rotatable bonds is 5. The summed E-state index contributed by atoms with van der Waals surface area (Å²) in [7, 11) is 1.59. The van der Waals surface area contributed by atoms with Gasteiger partial charge < -0.3 is 14.8 Å². The molecule has 4 heteroatoms. The van der Waals surface area contributed by atoms with Crippen LogP contribution in [0.5, 0.6) is 11.5 Å². The Labute approximate surface area is 89.2 Å². The van der Waals surface area contributed by atoms with Gasteiger partial charge in [0.15, 0.2) is 6.61 Å².